The van der Waals surface area contributed by atoms with E-state index in [1.165, 1.54) is 24.0 Å². The molecule has 100 valence electrons. The normalized spacial score (nSPS) is 15.1. The highest BCUT2D eigenvalue weighted by molar-refractivity contribution is 5.23. The van der Waals surface area contributed by atoms with Crippen LogP contribution in [0.1, 0.15) is 29.7 Å². The fourth-order valence-corrected chi connectivity index (χ4v) is 2.45. The minimum atomic E-state index is 0.607. The van der Waals surface area contributed by atoms with E-state index in [2.05, 4.69) is 29.2 Å². The van der Waals surface area contributed by atoms with Crippen molar-refractivity contribution in [1.82, 2.24) is 4.90 Å². The Hall–Kier alpha value is -1.58. The average molecular weight is 256 g/mol. The van der Waals surface area contributed by atoms with Crippen LogP contribution in [0.25, 0.3) is 0 Å². The molecule has 0 bridgehead atoms. The van der Waals surface area contributed by atoms with Gasteiger partial charge in [-0.2, -0.15) is 0 Å². The first kappa shape index (κ1) is 12.5. The van der Waals surface area contributed by atoms with Crippen LogP contribution in [-0.4, -0.2) is 10.9 Å². The summed E-state index contributed by atoms with van der Waals surface area (Å²) in [7, 11) is 0. The lowest BCUT2D eigenvalue weighted by atomic mass is 10.1. The fraction of sp³-hybridized carbons (Fsp3) is 0.375. The van der Waals surface area contributed by atoms with Crippen LogP contribution in [0.15, 0.2) is 47.1 Å². The van der Waals surface area contributed by atoms with Gasteiger partial charge in [-0.05, 0) is 36.1 Å². The Balaban J connectivity index is 1.70. The quantitative estimate of drug-likeness (QED) is 0.864. The maximum atomic E-state index is 5.70. The second kappa shape index (κ2) is 5.59. The summed E-state index contributed by atoms with van der Waals surface area (Å²) in [6.07, 6.45) is 4.35. The number of hydrogen-bond acceptors (Lipinski definition) is 3. The molecule has 3 nitrogen and oxygen atoms in total. The molecule has 1 saturated carbocycles. The summed E-state index contributed by atoms with van der Waals surface area (Å²) in [5, 5.41) is 0. The molecule has 0 saturated heterocycles. The van der Waals surface area contributed by atoms with Crippen molar-refractivity contribution in [1.29, 1.82) is 0 Å². The first-order valence-electron chi connectivity index (χ1n) is 6.89. The van der Waals surface area contributed by atoms with E-state index in [9.17, 15) is 0 Å². The second-order valence-electron chi connectivity index (χ2n) is 5.24. The molecule has 1 fully saturated rings. The smallest absolute Gasteiger partial charge is 0.117 e. The van der Waals surface area contributed by atoms with E-state index in [1.54, 1.807) is 6.26 Å². The highest BCUT2D eigenvalue weighted by Gasteiger charge is 2.29. The predicted octanol–water partition coefficient (Wildman–Crippen LogP) is 2.90. The monoisotopic (exact) mass is 256 g/mol. The molecule has 1 aromatic carbocycles. The minimum absolute atomic E-state index is 0.607. The van der Waals surface area contributed by atoms with Gasteiger partial charge >= 0.3 is 0 Å². The van der Waals surface area contributed by atoms with Gasteiger partial charge in [0, 0.05) is 19.1 Å². The van der Waals surface area contributed by atoms with Gasteiger partial charge in [0.1, 0.15) is 5.76 Å². The van der Waals surface area contributed by atoms with Gasteiger partial charge in [-0.1, -0.05) is 24.3 Å². The van der Waals surface area contributed by atoms with Crippen LogP contribution >= 0.6 is 0 Å². The summed E-state index contributed by atoms with van der Waals surface area (Å²) in [4.78, 5) is 2.49. The van der Waals surface area contributed by atoms with Crippen molar-refractivity contribution in [3.63, 3.8) is 0 Å². The lowest BCUT2D eigenvalue weighted by Crippen LogP contribution is -2.24. The SMILES string of the molecule is NCc1cccc(CN(Cc2ccco2)C2CC2)c1. The maximum absolute atomic E-state index is 5.70. The molecule has 0 atom stereocenters. The predicted molar refractivity (Wildman–Crippen MR) is 75.3 cm³/mol. The molecular formula is C16H20N2O. The average Bonchev–Trinajstić information content (AvgIpc) is 3.17. The molecule has 0 unspecified atom stereocenters. The van der Waals surface area contributed by atoms with Crippen LogP contribution in [0.5, 0.6) is 0 Å². The van der Waals surface area contributed by atoms with Crippen LogP contribution in [-0.2, 0) is 19.6 Å². The van der Waals surface area contributed by atoms with Gasteiger partial charge < -0.3 is 10.2 Å². The van der Waals surface area contributed by atoms with E-state index in [0.29, 0.717) is 12.6 Å². The van der Waals surface area contributed by atoms with Crippen LogP contribution in [0, 0.1) is 0 Å². The Labute approximate surface area is 114 Å². The van der Waals surface area contributed by atoms with Crippen LogP contribution in [0.2, 0.25) is 0 Å². The Morgan fingerprint density at radius 3 is 2.63 bits per heavy atom. The molecule has 2 aromatic rings. The summed E-state index contributed by atoms with van der Waals surface area (Å²) in [6.45, 7) is 2.47. The van der Waals surface area contributed by atoms with Gasteiger partial charge in [-0.3, -0.25) is 4.90 Å². The zero-order valence-corrected chi connectivity index (χ0v) is 11.1. The number of hydrogen-bond donors (Lipinski definition) is 1. The molecule has 0 spiro atoms. The summed E-state index contributed by atoms with van der Waals surface area (Å²) in [5.74, 6) is 1.04. The molecule has 3 heteroatoms. The van der Waals surface area contributed by atoms with Crippen LogP contribution < -0.4 is 5.73 Å². The third kappa shape index (κ3) is 3.25. The standard InChI is InChI=1S/C16H20N2O/c17-10-13-3-1-4-14(9-13)11-18(15-6-7-15)12-16-5-2-8-19-16/h1-5,8-9,15H,6-7,10-12,17H2. The second-order valence-corrected chi connectivity index (χ2v) is 5.24. The molecule has 1 heterocycles. The van der Waals surface area contributed by atoms with E-state index in [0.717, 1.165) is 18.8 Å². The number of furan rings is 1. The van der Waals surface area contributed by atoms with Crippen LogP contribution in [0.4, 0.5) is 0 Å². The Morgan fingerprint density at radius 2 is 1.95 bits per heavy atom. The molecule has 0 aliphatic heterocycles. The van der Waals surface area contributed by atoms with Crippen molar-refractivity contribution in [2.75, 3.05) is 0 Å². The summed E-state index contributed by atoms with van der Waals surface area (Å²) >= 11 is 0. The number of benzene rings is 1. The third-order valence-electron chi connectivity index (χ3n) is 3.62. The van der Waals surface area contributed by atoms with Crippen molar-refractivity contribution in [3.8, 4) is 0 Å². The van der Waals surface area contributed by atoms with E-state index >= 15 is 0 Å². The number of nitrogens with zero attached hydrogens (tertiary/aromatic N) is 1. The van der Waals surface area contributed by atoms with Gasteiger partial charge in [0.05, 0.1) is 12.8 Å². The topological polar surface area (TPSA) is 42.4 Å². The fourth-order valence-electron chi connectivity index (χ4n) is 2.45. The third-order valence-corrected chi connectivity index (χ3v) is 3.62. The zero-order chi connectivity index (χ0) is 13.1. The number of nitrogens with two attached hydrogens (primary N) is 1. The zero-order valence-electron chi connectivity index (χ0n) is 11.1. The molecule has 0 radical (unpaired) electrons. The number of rotatable bonds is 6. The van der Waals surface area contributed by atoms with Gasteiger partial charge in [0.15, 0.2) is 0 Å². The molecule has 19 heavy (non-hydrogen) atoms. The lowest BCUT2D eigenvalue weighted by molar-refractivity contribution is 0.225. The van der Waals surface area contributed by atoms with Crippen molar-refractivity contribution in [2.24, 2.45) is 5.73 Å². The Kier molecular flexibility index (Phi) is 3.67. The molecule has 2 N–H and O–H groups in total. The molecule has 1 aliphatic carbocycles. The van der Waals surface area contributed by atoms with Crippen molar-refractivity contribution < 1.29 is 4.42 Å². The largest absolute Gasteiger partial charge is 0.468 e. The summed E-state index contributed by atoms with van der Waals surface area (Å²) < 4.78 is 5.46. The molecule has 1 aliphatic rings. The summed E-state index contributed by atoms with van der Waals surface area (Å²) in [5.41, 5.74) is 8.24. The van der Waals surface area contributed by atoms with Gasteiger partial charge in [0.2, 0.25) is 0 Å². The van der Waals surface area contributed by atoms with E-state index in [-0.39, 0.29) is 0 Å². The van der Waals surface area contributed by atoms with Gasteiger partial charge in [0.25, 0.3) is 0 Å². The lowest BCUT2D eigenvalue weighted by Gasteiger charge is -2.21. The molecular weight excluding hydrogens is 236 g/mol. The maximum Gasteiger partial charge on any atom is 0.117 e. The van der Waals surface area contributed by atoms with Crippen LogP contribution in [0.3, 0.4) is 0 Å². The van der Waals surface area contributed by atoms with E-state index in [4.69, 9.17) is 10.2 Å². The van der Waals surface area contributed by atoms with E-state index < -0.39 is 0 Å². The highest BCUT2D eigenvalue weighted by Crippen LogP contribution is 2.30. The van der Waals surface area contributed by atoms with Crippen molar-refractivity contribution >= 4 is 0 Å². The minimum Gasteiger partial charge on any atom is -0.468 e. The molecule has 3 rings (SSSR count). The Bertz CT molecular complexity index is 517. The van der Waals surface area contributed by atoms with E-state index in [1.807, 2.05) is 12.1 Å². The molecule has 1 aromatic heterocycles. The summed E-state index contributed by atoms with van der Waals surface area (Å²) in [6, 6.07) is 13.3. The first-order chi connectivity index (χ1) is 9.35. The highest BCUT2D eigenvalue weighted by atomic mass is 16.3. The first-order valence-corrected chi connectivity index (χ1v) is 6.89. The molecule has 0 amide bonds. The Morgan fingerprint density at radius 1 is 1.11 bits per heavy atom. The van der Waals surface area contributed by atoms with Gasteiger partial charge in [-0.25, -0.2) is 0 Å². The van der Waals surface area contributed by atoms with Crippen molar-refractivity contribution in [2.45, 2.75) is 38.5 Å². The van der Waals surface area contributed by atoms with Gasteiger partial charge in [-0.15, -0.1) is 0 Å². The van der Waals surface area contributed by atoms with Crippen molar-refractivity contribution in [3.05, 3.63) is 59.5 Å².